The molecular formula is C28H28N4O6. The lowest BCUT2D eigenvalue weighted by atomic mass is 10.00. The number of carbonyl (C=O) groups is 3. The Morgan fingerprint density at radius 3 is 2.45 bits per heavy atom. The number of hydrogen-bond donors (Lipinski definition) is 2. The summed E-state index contributed by atoms with van der Waals surface area (Å²) in [5.74, 6) is -0.301. The van der Waals surface area contributed by atoms with Crippen LogP contribution in [0.1, 0.15) is 38.3 Å². The number of oxime groups is 1. The fourth-order valence-corrected chi connectivity index (χ4v) is 3.67. The zero-order chi connectivity index (χ0) is 27.1. The minimum atomic E-state index is -0.906. The van der Waals surface area contributed by atoms with Gasteiger partial charge in [-0.2, -0.15) is 0 Å². The molecule has 1 atom stereocenters. The Balaban J connectivity index is 1.33. The van der Waals surface area contributed by atoms with E-state index in [2.05, 4.69) is 15.5 Å². The Kier molecular flexibility index (Phi) is 8.00. The Labute approximate surface area is 220 Å². The summed E-state index contributed by atoms with van der Waals surface area (Å²) in [6.07, 6.45) is 1.19. The highest BCUT2D eigenvalue weighted by molar-refractivity contribution is 6.06. The van der Waals surface area contributed by atoms with E-state index in [0.29, 0.717) is 17.8 Å². The van der Waals surface area contributed by atoms with Gasteiger partial charge in [-0.15, -0.1) is 0 Å². The molecule has 0 saturated heterocycles. The van der Waals surface area contributed by atoms with Gasteiger partial charge in [0, 0.05) is 30.1 Å². The summed E-state index contributed by atoms with van der Waals surface area (Å²) in [4.78, 5) is 45.9. The molecule has 196 valence electrons. The molecule has 0 spiro atoms. The molecule has 2 N–H and O–H groups in total. The number of benzene rings is 2. The van der Waals surface area contributed by atoms with Gasteiger partial charge in [0.15, 0.2) is 0 Å². The Morgan fingerprint density at radius 2 is 1.74 bits per heavy atom. The van der Waals surface area contributed by atoms with Gasteiger partial charge in [0.2, 0.25) is 6.10 Å². The van der Waals surface area contributed by atoms with E-state index in [1.807, 2.05) is 47.8 Å². The zero-order valence-electron chi connectivity index (χ0n) is 21.3. The summed E-state index contributed by atoms with van der Waals surface area (Å²) in [6.45, 7) is 5.03. The second-order valence-electron chi connectivity index (χ2n) is 9.50. The first-order chi connectivity index (χ1) is 18.2. The molecule has 2 heterocycles. The average Bonchev–Trinajstić information content (AvgIpc) is 3.38. The number of hydrogen-bond acceptors (Lipinski definition) is 8. The van der Waals surface area contributed by atoms with Crippen molar-refractivity contribution >= 4 is 29.5 Å². The highest BCUT2D eigenvalue weighted by Gasteiger charge is 2.29. The summed E-state index contributed by atoms with van der Waals surface area (Å²) in [6, 6.07) is 18.3. The van der Waals surface area contributed by atoms with Gasteiger partial charge < -0.3 is 19.6 Å². The first-order valence-electron chi connectivity index (χ1n) is 12.0. The molecule has 1 aliphatic rings. The first kappa shape index (κ1) is 26.3. The van der Waals surface area contributed by atoms with Crippen LogP contribution in [0.15, 0.2) is 78.2 Å². The van der Waals surface area contributed by atoms with Crippen molar-refractivity contribution in [1.82, 2.24) is 10.3 Å². The molecule has 3 aromatic rings. The van der Waals surface area contributed by atoms with Crippen molar-refractivity contribution in [2.75, 3.05) is 5.32 Å². The van der Waals surface area contributed by atoms with Gasteiger partial charge in [0.1, 0.15) is 12.2 Å². The minimum Gasteiger partial charge on any atom is -0.444 e. The van der Waals surface area contributed by atoms with Gasteiger partial charge in [0.05, 0.1) is 5.71 Å². The van der Waals surface area contributed by atoms with Crippen molar-refractivity contribution in [3.63, 3.8) is 0 Å². The maximum Gasteiger partial charge on any atom is 0.417 e. The summed E-state index contributed by atoms with van der Waals surface area (Å²) < 4.78 is 10.3. The van der Waals surface area contributed by atoms with E-state index >= 15 is 0 Å². The Bertz CT molecular complexity index is 1330. The number of amides is 3. The number of ether oxygens (including phenoxy) is 2. The molecule has 0 radical (unpaired) electrons. The highest BCUT2D eigenvalue weighted by atomic mass is 16.6. The van der Waals surface area contributed by atoms with Crippen molar-refractivity contribution in [2.45, 2.75) is 45.5 Å². The number of nitrogens with one attached hydrogen (secondary N) is 2. The standard InChI is InChI=1S/C28H28N4O6/c1-28(2,3)37-27(35)31-26(34)36-17-20-7-4-5-9-22(20)18-10-12-21(13-11-18)30-25(33)24-15-23(32-38-24)19-8-6-14-29-16-19/h4-14,16,24H,15,17H2,1-3H3,(H,30,33)(H,31,34,35). The molecular weight excluding hydrogens is 488 g/mol. The SMILES string of the molecule is CC(C)(C)OC(=O)NC(=O)OCc1ccccc1-c1ccc(NC(=O)C2CC(c3cccnc3)=NO2)cc1. The van der Waals surface area contributed by atoms with Crippen LogP contribution in [-0.4, -0.2) is 40.5 Å². The fourth-order valence-electron chi connectivity index (χ4n) is 3.67. The van der Waals surface area contributed by atoms with Crippen molar-refractivity contribution in [3.8, 4) is 11.1 Å². The number of imide groups is 1. The Morgan fingerprint density at radius 1 is 0.974 bits per heavy atom. The van der Waals surface area contributed by atoms with Crippen molar-refractivity contribution in [3.05, 3.63) is 84.2 Å². The molecule has 0 saturated carbocycles. The molecule has 0 bridgehead atoms. The minimum absolute atomic E-state index is 0.0540. The third-order valence-electron chi connectivity index (χ3n) is 5.40. The fraction of sp³-hybridized carbons (Fsp3) is 0.250. The third kappa shape index (κ3) is 7.16. The van der Waals surface area contributed by atoms with Gasteiger partial charge in [0.25, 0.3) is 5.91 Å². The van der Waals surface area contributed by atoms with Crippen LogP contribution in [0.3, 0.4) is 0 Å². The molecule has 1 aliphatic heterocycles. The second kappa shape index (κ2) is 11.5. The summed E-state index contributed by atoms with van der Waals surface area (Å²) >= 11 is 0. The zero-order valence-corrected chi connectivity index (χ0v) is 21.3. The number of nitrogens with zero attached hydrogens (tertiary/aromatic N) is 2. The van der Waals surface area contributed by atoms with Crippen molar-refractivity contribution in [2.24, 2.45) is 5.16 Å². The van der Waals surface area contributed by atoms with Crippen LogP contribution in [0.5, 0.6) is 0 Å². The van der Waals surface area contributed by atoms with E-state index in [4.69, 9.17) is 14.3 Å². The van der Waals surface area contributed by atoms with Crippen LogP contribution < -0.4 is 10.6 Å². The summed E-state index contributed by atoms with van der Waals surface area (Å²) in [7, 11) is 0. The predicted molar refractivity (Wildman–Crippen MR) is 140 cm³/mol. The number of alkyl carbamates (subject to hydrolysis) is 2. The third-order valence-corrected chi connectivity index (χ3v) is 5.40. The molecule has 38 heavy (non-hydrogen) atoms. The number of aromatic nitrogens is 1. The highest BCUT2D eigenvalue weighted by Crippen LogP contribution is 2.26. The van der Waals surface area contributed by atoms with E-state index in [1.54, 1.807) is 51.4 Å². The molecule has 1 unspecified atom stereocenters. The van der Waals surface area contributed by atoms with Crippen LogP contribution in [0, 0.1) is 0 Å². The van der Waals surface area contributed by atoms with Crippen molar-refractivity contribution < 1.29 is 28.7 Å². The lowest BCUT2D eigenvalue weighted by molar-refractivity contribution is -0.125. The molecule has 2 aromatic carbocycles. The van der Waals surface area contributed by atoms with Crippen LogP contribution >= 0.6 is 0 Å². The normalized spacial score (nSPS) is 14.6. The number of carbonyl (C=O) groups excluding carboxylic acids is 3. The maximum absolute atomic E-state index is 12.7. The molecule has 0 fully saturated rings. The smallest absolute Gasteiger partial charge is 0.417 e. The topological polar surface area (TPSA) is 128 Å². The molecule has 1 aromatic heterocycles. The molecule has 10 nitrogen and oxygen atoms in total. The van der Waals surface area contributed by atoms with Gasteiger partial charge in [-0.1, -0.05) is 41.6 Å². The monoisotopic (exact) mass is 516 g/mol. The van der Waals surface area contributed by atoms with Crippen LogP contribution in [-0.2, 0) is 25.7 Å². The second-order valence-corrected chi connectivity index (χ2v) is 9.50. The Hall–Kier alpha value is -4.73. The lowest BCUT2D eigenvalue weighted by Crippen LogP contribution is -2.36. The quantitative estimate of drug-likeness (QED) is 0.470. The van der Waals surface area contributed by atoms with E-state index in [1.165, 1.54) is 0 Å². The lowest BCUT2D eigenvalue weighted by Gasteiger charge is -2.19. The number of rotatable bonds is 6. The largest absolute Gasteiger partial charge is 0.444 e. The number of pyridine rings is 1. The van der Waals surface area contributed by atoms with E-state index in [-0.39, 0.29) is 12.5 Å². The van der Waals surface area contributed by atoms with Crippen LogP contribution in [0.25, 0.3) is 11.1 Å². The summed E-state index contributed by atoms with van der Waals surface area (Å²) in [5, 5.41) is 8.92. The van der Waals surface area contributed by atoms with Gasteiger partial charge >= 0.3 is 12.2 Å². The van der Waals surface area contributed by atoms with Gasteiger partial charge in [-0.05, 0) is 61.7 Å². The van der Waals surface area contributed by atoms with Crippen molar-refractivity contribution in [1.29, 1.82) is 0 Å². The van der Waals surface area contributed by atoms with E-state index < -0.39 is 23.9 Å². The molecule has 10 heteroatoms. The van der Waals surface area contributed by atoms with Crippen LogP contribution in [0.4, 0.5) is 15.3 Å². The summed E-state index contributed by atoms with van der Waals surface area (Å²) in [5.41, 5.74) is 3.79. The van der Waals surface area contributed by atoms with E-state index in [9.17, 15) is 14.4 Å². The number of anilines is 1. The van der Waals surface area contributed by atoms with Gasteiger partial charge in [-0.25, -0.2) is 14.9 Å². The molecule has 4 rings (SSSR count). The van der Waals surface area contributed by atoms with E-state index in [0.717, 1.165) is 22.3 Å². The maximum atomic E-state index is 12.7. The molecule has 3 amide bonds. The molecule has 0 aliphatic carbocycles. The van der Waals surface area contributed by atoms with Gasteiger partial charge in [-0.3, -0.25) is 9.78 Å². The van der Waals surface area contributed by atoms with Crippen LogP contribution in [0.2, 0.25) is 0 Å². The average molecular weight is 517 g/mol. The predicted octanol–water partition coefficient (Wildman–Crippen LogP) is 5.04. The first-order valence-corrected chi connectivity index (χ1v) is 12.0.